The third kappa shape index (κ3) is 13.0. The van der Waals surface area contributed by atoms with E-state index in [1.54, 1.807) is 34.1 Å². The Morgan fingerprint density at radius 1 is 0.864 bits per heavy atom. The molecule has 1 amide bonds. The number of Topliss-reactive ketones (excluding diaryl/α,β-unsaturated/α-hetero) is 3. The van der Waals surface area contributed by atoms with Gasteiger partial charge in [0.1, 0.15) is 30.1 Å². The number of aliphatic hydroxyl groups excluding tert-OH is 2. The lowest BCUT2D eigenvalue weighted by atomic mass is 9.68. The number of hydrogen-bond donors (Lipinski definition) is 3. The van der Waals surface area contributed by atoms with Crippen LogP contribution in [0.25, 0.3) is 0 Å². The summed E-state index contributed by atoms with van der Waals surface area (Å²) in [5.41, 5.74) is 1.28. The van der Waals surface area contributed by atoms with Gasteiger partial charge in [0.15, 0.2) is 5.78 Å². The Balaban J connectivity index is 1.48. The highest BCUT2D eigenvalue weighted by atomic mass is 16.6. The van der Waals surface area contributed by atoms with E-state index in [1.807, 2.05) is 51.2 Å². The summed E-state index contributed by atoms with van der Waals surface area (Å²) >= 11 is 0. The molecule has 1 aliphatic carbocycles. The number of carbonyl (C=O) groups is 5. The number of ketones is 3. The molecule has 0 aromatic carbocycles. The van der Waals surface area contributed by atoms with Crippen LogP contribution < -0.4 is 0 Å². The third-order valence-corrected chi connectivity index (χ3v) is 15.0. The number of fused-ring (bicyclic) bond motifs is 3. The summed E-state index contributed by atoms with van der Waals surface area (Å²) in [6, 6.07) is -1.12. The molecule has 66 heavy (non-hydrogen) atoms. The van der Waals surface area contributed by atoms with Crippen molar-refractivity contribution in [3.63, 3.8) is 0 Å². The standard InChI is InChI=1S/C51H77NO14/c1-30-13-10-9-11-14-31(2)41(61-6)29-37-20-17-34(5)51(60,66-37)48(57)49(58)52-22-12-15-38-39(26-35-18-21-40(64-24-23-53)43(27-35)62-7)42(65-50(59)44(38)52)28-36(54)19-16-32(3)45(55)47(63-8)46(56)33(4)25-30/h9-11,13-14,16,30,33-35,37-45,47,53,55,60H,12,15,17-29H2,1-8H3/b11-9+,13-10+,31-14+,32-16+/t30-,33-,34-,35+,37+,38?,39+,40-,41+,42+,43-,44+,45-,47-,51-/m1/s1. The van der Waals surface area contributed by atoms with E-state index in [9.17, 15) is 39.3 Å². The molecule has 6 bridgehead atoms. The van der Waals surface area contributed by atoms with E-state index < -0.39 is 77.8 Å². The Morgan fingerprint density at radius 3 is 2.32 bits per heavy atom. The fourth-order valence-corrected chi connectivity index (χ4v) is 11.0. The van der Waals surface area contributed by atoms with Crippen molar-refractivity contribution in [3.05, 3.63) is 47.6 Å². The fourth-order valence-electron chi connectivity index (χ4n) is 11.0. The Labute approximate surface area is 391 Å². The lowest BCUT2D eigenvalue weighted by molar-refractivity contribution is -0.266. The molecule has 0 aromatic heterocycles. The first-order chi connectivity index (χ1) is 31.5. The first-order valence-electron chi connectivity index (χ1n) is 24.2. The summed E-state index contributed by atoms with van der Waals surface area (Å²) < 4.78 is 35.5. The number of nitrogens with zero attached hydrogens (tertiary/aromatic N) is 1. The molecule has 4 fully saturated rings. The number of ether oxygens (including phenoxy) is 6. The zero-order valence-electron chi connectivity index (χ0n) is 40.4. The van der Waals surface area contributed by atoms with Crippen LogP contribution in [-0.2, 0) is 52.4 Å². The third-order valence-electron chi connectivity index (χ3n) is 15.0. The topological polar surface area (TPSA) is 205 Å². The minimum atomic E-state index is -2.44. The van der Waals surface area contributed by atoms with Crippen molar-refractivity contribution in [2.75, 3.05) is 41.1 Å². The summed E-state index contributed by atoms with van der Waals surface area (Å²) in [7, 11) is 4.58. The lowest BCUT2D eigenvalue weighted by Crippen LogP contribution is -2.65. The number of hydrogen-bond acceptors (Lipinski definition) is 14. The maximum atomic E-state index is 14.5. The summed E-state index contributed by atoms with van der Waals surface area (Å²) in [6.45, 7) is 9.24. The highest BCUT2D eigenvalue weighted by molar-refractivity contribution is 6.39. The van der Waals surface area contributed by atoms with E-state index in [4.69, 9.17) is 28.4 Å². The molecule has 5 rings (SSSR count). The second kappa shape index (κ2) is 24.7. The predicted octanol–water partition coefficient (Wildman–Crippen LogP) is 5.17. The molecule has 15 atom stereocenters. The van der Waals surface area contributed by atoms with Crippen LogP contribution >= 0.6 is 0 Å². The van der Waals surface area contributed by atoms with Crippen molar-refractivity contribution in [2.24, 2.45) is 35.5 Å². The van der Waals surface area contributed by atoms with Gasteiger partial charge < -0.3 is 48.6 Å². The average Bonchev–Trinajstić information content (AvgIpc) is 3.30. The lowest BCUT2D eigenvalue weighted by Gasteiger charge is -2.50. The van der Waals surface area contributed by atoms with Crippen LogP contribution in [0.3, 0.4) is 0 Å². The van der Waals surface area contributed by atoms with Gasteiger partial charge >= 0.3 is 5.97 Å². The monoisotopic (exact) mass is 928 g/mol. The molecule has 0 spiro atoms. The Bertz CT molecular complexity index is 1810. The predicted molar refractivity (Wildman–Crippen MR) is 245 cm³/mol. The summed E-state index contributed by atoms with van der Waals surface area (Å²) in [4.78, 5) is 71.9. The molecular weight excluding hydrogens is 851 g/mol. The number of allylic oxidation sites excluding steroid dienone is 6. The number of methoxy groups -OCH3 is 3. The van der Waals surface area contributed by atoms with Crippen LogP contribution in [0, 0.1) is 35.5 Å². The molecule has 4 aliphatic heterocycles. The highest BCUT2D eigenvalue weighted by Crippen LogP contribution is 2.45. The molecule has 4 heterocycles. The second-order valence-corrected chi connectivity index (χ2v) is 19.6. The molecule has 0 aromatic rings. The Hall–Kier alpha value is -3.41. The summed E-state index contributed by atoms with van der Waals surface area (Å²) in [6.07, 6.45) is 11.6. The molecule has 370 valence electrons. The number of aliphatic hydroxyl groups is 3. The van der Waals surface area contributed by atoms with Crippen molar-refractivity contribution >= 4 is 29.2 Å². The van der Waals surface area contributed by atoms with E-state index in [2.05, 4.69) is 0 Å². The molecular formula is C51H77NO14. The van der Waals surface area contributed by atoms with Crippen LogP contribution in [-0.4, -0.2) is 145 Å². The van der Waals surface area contributed by atoms with E-state index in [0.29, 0.717) is 63.4 Å². The number of amides is 1. The van der Waals surface area contributed by atoms with Gasteiger partial charge in [-0.05, 0) is 101 Å². The van der Waals surface area contributed by atoms with Gasteiger partial charge in [-0.1, -0.05) is 57.2 Å². The van der Waals surface area contributed by atoms with Crippen LogP contribution in [0.15, 0.2) is 47.6 Å². The van der Waals surface area contributed by atoms with Gasteiger partial charge in [-0.3, -0.25) is 19.2 Å². The van der Waals surface area contributed by atoms with E-state index >= 15 is 0 Å². The summed E-state index contributed by atoms with van der Waals surface area (Å²) in [5.74, 6) is -7.66. The fraction of sp³-hybridized carbons (Fsp3) is 0.745. The van der Waals surface area contributed by atoms with Gasteiger partial charge in [0.05, 0.1) is 37.6 Å². The van der Waals surface area contributed by atoms with Crippen LogP contribution in [0.5, 0.6) is 0 Å². The number of carbonyl (C=O) groups excluding carboxylic acids is 5. The molecule has 3 saturated heterocycles. The Kier molecular flexibility index (Phi) is 20.1. The largest absolute Gasteiger partial charge is 0.460 e. The van der Waals surface area contributed by atoms with Crippen LogP contribution in [0.1, 0.15) is 112 Å². The van der Waals surface area contributed by atoms with Crippen molar-refractivity contribution in [1.29, 1.82) is 0 Å². The zero-order valence-corrected chi connectivity index (χ0v) is 40.4. The highest BCUT2D eigenvalue weighted by Gasteiger charge is 2.57. The number of esters is 1. The molecule has 0 radical (unpaired) electrons. The van der Waals surface area contributed by atoms with Gasteiger partial charge in [-0.15, -0.1) is 0 Å². The maximum absolute atomic E-state index is 14.5. The van der Waals surface area contributed by atoms with Crippen LogP contribution in [0.2, 0.25) is 0 Å². The van der Waals surface area contributed by atoms with Gasteiger partial charge in [-0.2, -0.15) is 0 Å². The molecule has 1 saturated carbocycles. The molecule has 15 nitrogen and oxygen atoms in total. The van der Waals surface area contributed by atoms with Crippen LogP contribution in [0.4, 0.5) is 0 Å². The first-order valence-corrected chi connectivity index (χ1v) is 24.2. The van der Waals surface area contributed by atoms with Gasteiger partial charge in [0, 0.05) is 64.9 Å². The average molecular weight is 928 g/mol. The second-order valence-electron chi connectivity index (χ2n) is 19.6. The normalized spacial score (nSPS) is 41.1. The molecule has 1 unspecified atom stereocenters. The van der Waals surface area contributed by atoms with E-state index in [1.165, 1.54) is 12.0 Å². The van der Waals surface area contributed by atoms with Gasteiger partial charge in [0.2, 0.25) is 5.79 Å². The zero-order chi connectivity index (χ0) is 48.3. The minimum Gasteiger partial charge on any atom is -0.460 e. The quantitative estimate of drug-likeness (QED) is 0.163. The van der Waals surface area contributed by atoms with E-state index in [-0.39, 0.29) is 74.1 Å². The van der Waals surface area contributed by atoms with Crippen molar-refractivity contribution in [3.8, 4) is 0 Å². The smallest absolute Gasteiger partial charge is 0.329 e. The van der Waals surface area contributed by atoms with Crippen molar-refractivity contribution in [2.45, 2.75) is 166 Å². The van der Waals surface area contributed by atoms with Gasteiger partial charge in [0.25, 0.3) is 11.7 Å². The molecule has 15 heteroatoms. The van der Waals surface area contributed by atoms with Crippen molar-refractivity contribution in [1.82, 2.24) is 4.90 Å². The maximum Gasteiger partial charge on any atom is 0.329 e. The molecule has 5 aliphatic rings. The Morgan fingerprint density at radius 2 is 1.62 bits per heavy atom. The first kappa shape index (κ1) is 53.5. The SMILES string of the molecule is CO[C@H]1C[C@@H]2CC[C@@H](C)[C@@](O)(O2)C(=O)C(=O)N2CCCC3[C@H]2C(=O)O[C@@H](CC(=O)C/C=C(\C)[C@@H](O)[C@@H](OC)C(=O)[C@H](C)C[C@H](C)/C=C/C=C/C=C/1C)[C@H]3C[C@@H]1CC[C@@H](OCCO)[C@H](OC)C1. The van der Waals surface area contributed by atoms with Crippen molar-refractivity contribution < 1.29 is 67.7 Å². The van der Waals surface area contributed by atoms with E-state index in [0.717, 1.165) is 12.0 Å². The number of rotatable bonds is 8. The minimum absolute atomic E-state index is 0.0242. The molecule has 3 N–H and O–H groups in total. The van der Waals surface area contributed by atoms with Gasteiger partial charge in [-0.25, -0.2) is 4.79 Å². The number of piperidine rings is 1. The summed E-state index contributed by atoms with van der Waals surface area (Å²) in [5, 5.41) is 32.8.